The number of unbranched alkanes of at least 4 members (excludes halogenated alkanes) is 1. The number of ether oxygens (including phenoxy) is 1. The van der Waals surface area contributed by atoms with Gasteiger partial charge in [-0.05, 0) is 49.2 Å². The van der Waals surface area contributed by atoms with Crippen LogP contribution in [-0.2, 0) is 16.0 Å². The van der Waals surface area contributed by atoms with Crippen molar-refractivity contribution in [3.8, 4) is 0 Å². The summed E-state index contributed by atoms with van der Waals surface area (Å²) in [7, 11) is 1.67. The molecule has 3 N–H and O–H groups in total. The van der Waals surface area contributed by atoms with Crippen LogP contribution in [0.15, 0.2) is 24.3 Å². The van der Waals surface area contributed by atoms with Gasteiger partial charge in [-0.15, -0.1) is 0 Å². The van der Waals surface area contributed by atoms with E-state index in [1.54, 1.807) is 7.11 Å². The lowest BCUT2D eigenvalue weighted by atomic mass is 10.1. The number of nitrogens with one attached hydrogen (secondary N) is 3. The summed E-state index contributed by atoms with van der Waals surface area (Å²) in [6, 6.07) is 8.56. The summed E-state index contributed by atoms with van der Waals surface area (Å²) in [6.45, 7) is 7.67. The van der Waals surface area contributed by atoms with Crippen LogP contribution in [0.5, 0.6) is 0 Å². The van der Waals surface area contributed by atoms with E-state index in [9.17, 15) is 4.79 Å². The molecule has 1 aromatic carbocycles. The number of benzene rings is 1. The number of quaternary nitrogens is 1. The third-order valence-electron chi connectivity index (χ3n) is 5.04. The molecular weight excluding hydrogens is 372 g/mol. The first-order valence-electron chi connectivity index (χ1n) is 10.4. The van der Waals surface area contributed by atoms with Crippen LogP contribution in [0.1, 0.15) is 31.7 Å². The van der Waals surface area contributed by atoms with Crippen LogP contribution in [0.4, 0.5) is 5.69 Å². The van der Waals surface area contributed by atoms with Crippen LogP contribution in [0.2, 0.25) is 0 Å². The summed E-state index contributed by atoms with van der Waals surface area (Å²) in [5.74, 6) is 0.114. The largest absolute Gasteiger partial charge is 0.385 e. The van der Waals surface area contributed by atoms with Crippen LogP contribution in [0.25, 0.3) is 0 Å². The van der Waals surface area contributed by atoms with Gasteiger partial charge in [-0.1, -0.05) is 25.5 Å². The lowest BCUT2D eigenvalue weighted by Crippen LogP contribution is -3.15. The van der Waals surface area contributed by atoms with E-state index in [1.807, 2.05) is 0 Å². The van der Waals surface area contributed by atoms with E-state index in [-0.39, 0.29) is 5.91 Å². The SMILES string of the molecule is CCCCc1ccc(NC(=S)N2CC[NH+](CC(=O)NCCCOC)CC2)cc1. The van der Waals surface area contributed by atoms with Crippen molar-refractivity contribution in [3.63, 3.8) is 0 Å². The van der Waals surface area contributed by atoms with Crippen molar-refractivity contribution in [2.75, 3.05) is 58.3 Å². The molecule has 1 saturated heterocycles. The summed E-state index contributed by atoms with van der Waals surface area (Å²) < 4.78 is 4.99. The van der Waals surface area contributed by atoms with Gasteiger partial charge in [0, 0.05) is 25.9 Å². The highest BCUT2D eigenvalue weighted by Gasteiger charge is 2.23. The molecule has 0 radical (unpaired) electrons. The summed E-state index contributed by atoms with van der Waals surface area (Å²) in [6.07, 6.45) is 4.42. The lowest BCUT2D eigenvalue weighted by molar-refractivity contribution is -0.895. The number of thiocarbonyl (C=S) groups is 1. The minimum absolute atomic E-state index is 0.114. The van der Waals surface area contributed by atoms with E-state index in [2.05, 4.69) is 46.7 Å². The number of carbonyl (C=O) groups is 1. The van der Waals surface area contributed by atoms with Crippen molar-refractivity contribution in [1.82, 2.24) is 10.2 Å². The number of methoxy groups -OCH3 is 1. The van der Waals surface area contributed by atoms with E-state index in [0.29, 0.717) is 19.7 Å². The van der Waals surface area contributed by atoms with Crippen LogP contribution in [0.3, 0.4) is 0 Å². The van der Waals surface area contributed by atoms with Crippen LogP contribution >= 0.6 is 12.2 Å². The van der Waals surface area contributed by atoms with Gasteiger partial charge in [0.1, 0.15) is 0 Å². The van der Waals surface area contributed by atoms with Gasteiger partial charge >= 0.3 is 0 Å². The highest BCUT2D eigenvalue weighted by molar-refractivity contribution is 7.80. The molecule has 28 heavy (non-hydrogen) atoms. The molecular formula is C21H35N4O2S+. The van der Waals surface area contributed by atoms with Gasteiger partial charge in [-0.2, -0.15) is 0 Å². The number of hydrogen-bond acceptors (Lipinski definition) is 3. The Balaban J connectivity index is 1.68. The number of carbonyl (C=O) groups excluding carboxylic acids is 1. The molecule has 2 rings (SSSR count). The molecule has 1 amide bonds. The third-order valence-corrected chi connectivity index (χ3v) is 5.40. The highest BCUT2D eigenvalue weighted by atomic mass is 32.1. The smallest absolute Gasteiger partial charge is 0.275 e. The number of piperazine rings is 1. The zero-order valence-electron chi connectivity index (χ0n) is 17.3. The standard InChI is InChI=1S/C21H34N4O2S/c1-3-4-6-18-7-9-19(10-8-18)23-21(28)25-14-12-24(13-15-25)17-20(26)22-11-5-16-27-2/h7-10H,3-6,11-17H2,1-2H3,(H,22,26)(H,23,28)/p+1. The number of rotatable bonds is 10. The zero-order valence-corrected chi connectivity index (χ0v) is 18.1. The molecule has 1 heterocycles. The van der Waals surface area contributed by atoms with Crippen LogP contribution in [-0.4, -0.2) is 68.9 Å². The van der Waals surface area contributed by atoms with Gasteiger partial charge in [0.2, 0.25) is 0 Å². The average Bonchev–Trinajstić information content (AvgIpc) is 2.71. The first-order valence-corrected chi connectivity index (χ1v) is 10.8. The third kappa shape index (κ3) is 8.12. The Morgan fingerprint density at radius 3 is 2.57 bits per heavy atom. The summed E-state index contributed by atoms with van der Waals surface area (Å²) in [5, 5.41) is 7.07. The number of aryl methyl sites for hydroxylation is 1. The van der Waals surface area contributed by atoms with Crippen molar-refractivity contribution in [2.24, 2.45) is 0 Å². The Morgan fingerprint density at radius 2 is 1.93 bits per heavy atom. The Bertz CT molecular complexity index is 601. The van der Waals surface area contributed by atoms with E-state index in [1.165, 1.54) is 23.3 Å². The number of anilines is 1. The zero-order chi connectivity index (χ0) is 20.2. The van der Waals surface area contributed by atoms with E-state index >= 15 is 0 Å². The van der Waals surface area contributed by atoms with Gasteiger partial charge in [0.05, 0.1) is 26.2 Å². The number of nitrogens with zero attached hydrogens (tertiary/aromatic N) is 1. The van der Waals surface area contributed by atoms with Crippen LogP contribution < -0.4 is 15.5 Å². The summed E-state index contributed by atoms with van der Waals surface area (Å²) >= 11 is 5.58. The molecule has 7 heteroatoms. The van der Waals surface area contributed by atoms with Crippen molar-refractivity contribution < 1.29 is 14.4 Å². The predicted octanol–water partition coefficient (Wildman–Crippen LogP) is 1.08. The maximum atomic E-state index is 12.0. The molecule has 0 bridgehead atoms. The van der Waals surface area contributed by atoms with Gasteiger partial charge < -0.3 is 25.2 Å². The first kappa shape index (κ1) is 22.6. The molecule has 0 unspecified atom stereocenters. The normalized spacial score (nSPS) is 14.7. The molecule has 1 aliphatic rings. The minimum Gasteiger partial charge on any atom is -0.385 e. The van der Waals surface area contributed by atoms with E-state index < -0.39 is 0 Å². The van der Waals surface area contributed by atoms with E-state index in [4.69, 9.17) is 17.0 Å². The molecule has 156 valence electrons. The average molecular weight is 408 g/mol. The van der Waals surface area contributed by atoms with Crippen molar-refractivity contribution in [3.05, 3.63) is 29.8 Å². The second-order valence-electron chi connectivity index (χ2n) is 7.34. The maximum Gasteiger partial charge on any atom is 0.275 e. The Kier molecular flexibility index (Phi) is 10.2. The molecule has 1 fully saturated rings. The fraction of sp³-hybridized carbons (Fsp3) is 0.619. The second kappa shape index (κ2) is 12.7. The Labute approximate surface area is 174 Å². The Hall–Kier alpha value is -1.70. The maximum absolute atomic E-state index is 12.0. The molecule has 0 atom stereocenters. The molecule has 0 spiro atoms. The summed E-state index contributed by atoms with van der Waals surface area (Å²) in [5.41, 5.74) is 2.41. The fourth-order valence-electron chi connectivity index (χ4n) is 3.27. The first-order chi connectivity index (χ1) is 13.6. The van der Waals surface area contributed by atoms with Crippen molar-refractivity contribution in [1.29, 1.82) is 0 Å². The quantitative estimate of drug-likeness (QED) is 0.400. The second-order valence-corrected chi connectivity index (χ2v) is 7.73. The number of hydrogen-bond donors (Lipinski definition) is 3. The van der Waals surface area contributed by atoms with Gasteiger partial charge in [0.15, 0.2) is 11.7 Å². The topological polar surface area (TPSA) is 58.0 Å². The van der Waals surface area contributed by atoms with Gasteiger partial charge in [-0.25, -0.2) is 0 Å². The molecule has 0 aromatic heterocycles. The fourth-order valence-corrected chi connectivity index (χ4v) is 3.58. The summed E-state index contributed by atoms with van der Waals surface area (Å²) in [4.78, 5) is 15.5. The molecule has 6 nitrogen and oxygen atoms in total. The van der Waals surface area contributed by atoms with Crippen molar-refractivity contribution in [2.45, 2.75) is 32.6 Å². The van der Waals surface area contributed by atoms with Crippen molar-refractivity contribution >= 4 is 28.9 Å². The van der Waals surface area contributed by atoms with Gasteiger partial charge in [-0.3, -0.25) is 4.79 Å². The van der Waals surface area contributed by atoms with Gasteiger partial charge in [0.25, 0.3) is 5.91 Å². The lowest BCUT2D eigenvalue weighted by Gasteiger charge is -2.33. The molecule has 0 saturated carbocycles. The van der Waals surface area contributed by atoms with E-state index in [0.717, 1.165) is 49.8 Å². The predicted molar refractivity (Wildman–Crippen MR) is 118 cm³/mol. The Morgan fingerprint density at radius 1 is 1.21 bits per heavy atom. The van der Waals surface area contributed by atoms with Crippen LogP contribution in [0, 0.1) is 0 Å². The molecule has 1 aromatic rings. The highest BCUT2D eigenvalue weighted by Crippen LogP contribution is 2.12. The number of amides is 1. The monoisotopic (exact) mass is 407 g/mol. The molecule has 0 aliphatic carbocycles. The minimum atomic E-state index is 0.114. The molecule has 1 aliphatic heterocycles.